The highest BCUT2D eigenvalue weighted by Crippen LogP contribution is 2.45. The van der Waals surface area contributed by atoms with Gasteiger partial charge in [-0.25, -0.2) is 9.59 Å². The molecule has 1 fully saturated rings. The molecule has 5 heteroatoms. The molecule has 0 bridgehead atoms. The molecule has 2 unspecified atom stereocenters. The van der Waals surface area contributed by atoms with E-state index in [2.05, 4.69) is 0 Å². The molecule has 0 aromatic heterocycles. The number of benzene rings is 2. The van der Waals surface area contributed by atoms with Crippen LogP contribution in [0.3, 0.4) is 0 Å². The molecule has 0 amide bonds. The average molecular weight is 338 g/mol. The second-order valence-electron chi connectivity index (χ2n) is 6.64. The van der Waals surface area contributed by atoms with Crippen LogP contribution in [-0.4, -0.2) is 22.6 Å². The zero-order valence-electron chi connectivity index (χ0n) is 13.8. The molecule has 1 saturated carbocycles. The molecule has 1 heterocycles. The summed E-state index contributed by atoms with van der Waals surface area (Å²) >= 11 is 0. The molecule has 2 aliphatic rings. The fourth-order valence-corrected chi connectivity index (χ4v) is 3.58. The predicted octanol–water partition coefficient (Wildman–Crippen LogP) is 3.66. The molecule has 0 radical (unpaired) electrons. The first-order valence-corrected chi connectivity index (χ1v) is 8.34. The number of cyclic esters (lactones) is 1. The quantitative estimate of drug-likeness (QED) is 0.861. The van der Waals surface area contributed by atoms with Crippen molar-refractivity contribution in [1.82, 2.24) is 0 Å². The lowest BCUT2D eigenvalue weighted by atomic mass is 9.70. The van der Waals surface area contributed by atoms with Gasteiger partial charge in [-0.15, -0.1) is 0 Å². The van der Waals surface area contributed by atoms with E-state index < -0.39 is 11.6 Å². The maximum Gasteiger partial charge on any atom is 0.348 e. The van der Waals surface area contributed by atoms with Crippen LogP contribution in [-0.2, 0) is 16.1 Å². The summed E-state index contributed by atoms with van der Waals surface area (Å²) in [6.45, 7) is 2.12. The molecule has 1 aliphatic carbocycles. The van der Waals surface area contributed by atoms with Crippen molar-refractivity contribution < 1.29 is 24.2 Å². The Morgan fingerprint density at radius 3 is 2.56 bits per heavy atom. The summed E-state index contributed by atoms with van der Waals surface area (Å²) in [6.07, 6.45) is 1.32. The first kappa shape index (κ1) is 15.7. The zero-order valence-corrected chi connectivity index (χ0v) is 13.8. The van der Waals surface area contributed by atoms with Gasteiger partial charge in [-0.05, 0) is 30.5 Å². The molecular formula is C20H18O5. The van der Waals surface area contributed by atoms with E-state index in [9.17, 15) is 14.7 Å². The minimum absolute atomic E-state index is 0.0514. The van der Waals surface area contributed by atoms with Gasteiger partial charge in [0.05, 0.1) is 5.56 Å². The van der Waals surface area contributed by atoms with Crippen LogP contribution in [0, 0.1) is 5.92 Å². The molecule has 128 valence electrons. The van der Waals surface area contributed by atoms with Gasteiger partial charge in [-0.3, -0.25) is 0 Å². The van der Waals surface area contributed by atoms with Gasteiger partial charge in [0.1, 0.15) is 12.4 Å². The second kappa shape index (κ2) is 5.62. The Bertz CT molecular complexity index is 872. The minimum Gasteiger partial charge on any atom is -0.478 e. The van der Waals surface area contributed by atoms with Crippen LogP contribution in [0.25, 0.3) is 11.1 Å². The number of carbonyl (C=O) groups is 2. The van der Waals surface area contributed by atoms with E-state index in [1.807, 2.05) is 31.2 Å². The monoisotopic (exact) mass is 338 g/mol. The van der Waals surface area contributed by atoms with Gasteiger partial charge in [-0.2, -0.15) is 0 Å². The van der Waals surface area contributed by atoms with Gasteiger partial charge >= 0.3 is 11.9 Å². The van der Waals surface area contributed by atoms with Gasteiger partial charge in [0.25, 0.3) is 0 Å². The number of carboxylic acids is 1. The van der Waals surface area contributed by atoms with Crippen LogP contribution in [0.5, 0.6) is 5.75 Å². The molecule has 4 rings (SSSR count). The Labute approximate surface area is 145 Å². The molecule has 1 aliphatic heterocycles. The number of carboxylic acid groups (broad SMARTS) is 1. The van der Waals surface area contributed by atoms with Crippen molar-refractivity contribution in [3.63, 3.8) is 0 Å². The Morgan fingerprint density at radius 2 is 1.88 bits per heavy atom. The van der Waals surface area contributed by atoms with Crippen molar-refractivity contribution >= 4 is 11.9 Å². The van der Waals surface area contributed by atoms with Crippen LogP contribution >= 0.6 is 0 Å². The maximum absolute atomic E-state index is 11.8. The smallest absolute Gasteiger partial charge is 0.348 e. The maximum atomic E-state index is 11.8. The predicted molar refractivity (Wildman–Crippen MR) is 90.4 cm³/mol. The van der Waals surface area contributed by atoms with E-state index in [-0.39, 0.29) is 18.5 Å². The largest absolute Gasteiger partial charge is 0.478 e. The third kappa shape index (κ3) is 2.30. The lowest BCUT2D eigenvalue weighted by Gasteiger charge is -2.44. The van der Waals surface area contributed by atoms with Crippen molar-refractivity contribution in [1.29, 1.82) is 0 Å². The Kier molecular flexibility index (Phi) is 3.53. The SMILES string of the molecule is CC1CCC1(Oc1ccccc1-c1cccc2c1COC2=O)C(=O)O. The number of hydrogen-bond acceptors (Lipinski definition) is 4. The fourth-order valence-electron chi connectivity index (χ4n) is 3.58. The molecule has 2 atom stereocenters. The molecule has 0 spiro atoms. The number of fused-ring (bicyclic) bond motifs is 1. The van der Waals surface area contributed by atoms with Crippen LogP contribution < -0.4 is 4.74 Å². The van der Waals surface area contributed by atoms with Crippen molar-refractivity contribution in [2.24, 2.45) is 5.92 Å². The topological polar surface area (TPSA) is 72.8 Å². The number of aliphatic carboxylic acids is 1. The summed E-state index contributed by atoms with van der Waals surface area (Å²) < 4.78 is 11.2. The van der Waals surface area contributed by atoms with E-state index in [1.165, 1.54) is 0 Å². The molecule has 0 saturated heterocycles. The van der Waals surface area contributed by atoms with Crippen LogP contribution in [0.15, 0.2) is 42.5 Å². The molecular weight excluding hydrogens is 320 g/mol. The van der Waals surface area contributed by atoms with E-state index in [0.29, 0.717) is 17.7 Å². The Balaban J connectivity index is 1.79. The molecule has 2 aromatic rings. The number of rotatable bonds is 4. The third-order valence-corrected chi connectivity index (χ3v) is 5.32. The van der Waals surface area contributed by atoms with Gasteiger partial charge in [0, 0.05) is 17.0 Å². The Hall–Kier alpha value is -2.82. The Morgan fingerprint density at radius 1 is 1.16 bits per heavy atom. The highest BCUT2D eigenvalue weighted by Gasteiger charge is 2.53. The number of esters is 1. The van der Waals surface area contributed by atoms with Gasteiger partial charge in [0.2, 0.25) is 5.60 Å². The van der Waals surface area contributed by atoms with Crippen molar-refractivity contribution in [2.45, 2.75) is 32.0 Å². The van der Waals surface area contributed by atoms with Crippen molar-refractivity contribution in [3.8, 4) is 16.9 Å². The van der Waals surface area contributed by atoms with Gasteiger partial charge < -0.3 is 14.6 Å². The molecule has 1 N–H and O–H groups in total. The van der Waals surface area contributed by atoms with Crippen molar-refractivity contribution in [2.75, 3.05) is 0 Å². The summed E-state index contributed by atoms with van der Waals surface area (Å²) in [5, 5.41) is 9.68. The summed E-state index contributed by atoms with van der Waals surface area (Å²) in [4.78, 5) is 23.6. The van der Waals surface area contributed by atoms with Crippen LogP contribution in [0.4, 0.5) is 0 Å². The number of hydrogen-bond donors (Lipinski definition) is 1. The van der Waals surface area contributed by atoms with Gasteiger partial charge in [-0.1, -0.05) is 37.3 Å². The summed E-state index contributed by atoms with van der Waals surface area (Å²) in [5.74, 6) is -0.795. The highest BCUT2D eigenvalue weighted by molar-refractivity contribution is 5.96. The average Bonchev–Trinajstić information content (AvgIpc) is 2.99. The number of carbonyl (C=O) groups excluding carboxylic acids is 1. The van der Waals surface area contributed by atoms with E-state index in [4.69, 9.17) is 9.47 Å². The van der Waals surface area contributed by atoms with Crippen LogP contribution in [0.1, 0.15) is 35.7 Å². The fraction of sp³-hybridized carbons (Fsp3) is 0.300. The summed E-state index contributed by atoms with van der Waals surface area (Å²) in [6, 6.07) is 12.8. The first-order valence-electron chi connectivity index (χ1n) is 8.34. The standard InChI is InChI=1S/C20H18O5/c1-12-9-10-20(12,19(22)23)25-17-8-3-2-5-14(17)13-6-4-7-15-16(13)11-24-18(15)21/h2-8,12H,9-11H2,1H3,(H,22,23). The minimum atomic E-state index is -1.18. The normalized spacial score (nSPS) is 24.2. The van der Waals surface area contributed by atoms with Gasteiger partial charge in [0.15, 0.2) is 0 Å². The third-order valence-electron chi connectivity index (χ3n) is 5.32. The van der Waals surface area contributed by atoms with E-state index in [1.54, 1.807) is 18.2 Å². The van der Waals surface area contributed by atoms with E-state index in [0.717, 1.165) is 23.1 Å². The molecule has 5 nitrogen and oxygen atoms in total. The summed E-state index contributed by atoms with van der Waals surface area (Å²) in [5.41, 5.74) is 1.80. The number of ether oxygens (including phenoxy) is 2. The lowest BCUT2D eigenvalue weighted by Crippen LogP contribution is -2.57. The first-order chi connectivity index (χ1) is 12.0. The summed E-state index contributed by atoms with van der Waals surface area (Å²) in [7, 11) is 0. The number of para-hydroxylation sites is 1. The van der Waals surface area contributed by atoms with Crippen molar-refractivity contribution in [3.05, 3.63) is 53.6 Å². The molecule has 25 heavy (non-hydrogen) atoms. The zero-order chi connectivity index (χ0) is 17.6. The highest BCUT2D eigenvalue weighted by atomic mass is 16.5. The lowest BCUT2D eigenvalue weighted by molar-refractivity contribution is -0.171. The van der Waals surface area contributed by atoms with E-state index >= 15 is 0 Å². The molecule has 2 aromatic carbocycles. The second-order valence-corrected chi connectivity index (χ2v) is 6.64. The van der Waals surface area contributed by atoms with Crippen LogP contribution in [0.2, 0.25) is 0 Å².